The number of fused-ring (bicyclic) bond motifs is 1. The lowest BCUT2D eigenvalue weighted by atomic mass is 9.84. The van der Waals surface area contributed by atoms with Crippen molar-refractivity contribution in [2.45, 2.75) is 12.5 Å². The first-order chi connectivity index (χ1) is 11.7. The second-order valence-electron chi connectivity index (χ2n) is 6.14. The molecule has 4 rings (SSSR count). The number of Topliss-reactive ketones (excluding diaryl/α,β-unsaturated/α-hetero) is 1. The van der Waals surface area contributed by atoms with Crippen molar-refractivity contribution in [3.63, 3.8) is 0 Å². The summed E-state index contributed by atoms with van der Waals surface area (Å²) >= 11 is 0. The van der Waals surface area contributed by atoms with Crippen LogP contribution in [0, 0.1) is 0 Å². The maximum atomic E-state index is 13.0. The lowest BCUT2D eigenvalue weighted by Gasteiger charge is -2.23. The van der Waals surface area contributed by atoms with Crippen LogP contribution in [-0.2, 0) is 5.54 Å². The van der Waals surface area contributed by atoms with Crippen LogP contribution in [0.1, 0.15) is 34.0 Å². The van der Waals surface area contributed by atoms with E-state index < -0.39 is 5.54 Å². The Kier molecular flexibility index (Phi) is 3.39. The van der Waals surface area contributed by atoms with Gasteiger partial charge in [0.25, 0.3) is 0 Å². The molecule has 3 aromatic carbocycles. The fourth-order valence-electron chi connectivity index (χ4n) is 3.34. The van der Waals surface area contributed by atoms with Gasteiger partial charge < -0.3 is 0 Å². The molecule has 0 bridgehead atoms. The minimum Gasteiger partial charge on any atom is -0.287 e. The summed E-state index contributed by atoms with van der Waals surface area (Å²) in [6.45, 7) is 2.08. The average molecular weight is 311 g/mol. The maximum absolute atomic E-state index is 13.0. The van der Waals surface area contributed by atoms with Crippen molar-refractivity contribution in [3.8, 4) is 0 Å². The van der Waals surface area contributed by atoms with E-state index in [0.29, 0.717) is 11.3 Å². The van der Waals surface area contributed by atoms with Crippen LogP contribution in [0.15, 0.2) is 89.9 Å². The molecule has 0 saturated carbocycles. The van der Waals surface area contributed by atoms with Crippen molar-refractivity contribution in [3.05, 3.63) is 107 Å². The quantitative estimate of drug-likeness (QED) is 0.648. The molecule has 24 heavy (non-hydrogen) atoms. The van der Waals surface area contributed by atoms with Gasteiger partial charge in [-0.2, -0.15) is 0 Å². The summed E-state index contributed by atoms with van der Waals surface area (Å²) in [6, 6.07) is 27.5. The second-order valence-corrected chi connectivity index (χ2v) is 6.14. The van der Waals surface area contributed by atoms with Crippen LogP contribution < -0.4 is 0 Å². The fourth-order valence-corrected chi connectivity index (χ4v) is 3.34. The van der Waals surface area contributed by atoms with Gasteiger partial charge in [-0.05, 0) is 18.1 Å². The van der Waals surface area contributed by atoms with Gasteiger partial charge in [-0.15, -0.1) is 0 Å². The van der Waals surface area contributed by atoms with Crippen molar-refractivity contribution in [1.29, 1.82) is 0 Å². The minimum absolute atomic E-state index is 0.0253. The first-order valence-electron chi connectivity index (χ1n) is 8.05. The third kappa shape index (κ3) is 2.19. The number of rotatable bonds is 3. The molecule has 0 amide bonds. The first kappa shape index (κ1) is 14.6. The summed E-state index contributed by atoms with van der Waals surface area (Å²) in [5.74, 6) is -0.0253. The topological polar surface area (TPSA) is 29.4 Å². The van der Waals surface area contributed by atoms with Crippen molar-refractivity contribution >= 4 is 11.5 Å². The van der Waals surface area contributed by atoms with E-state index in [1.165, 1.54) is 0 Å². The molecule has 0 aromatic heterocycles. The Bertz CT molecular complexity index is 928. The number of hydrogen-bond acceptors (Lipinski definition) is 2. The van der Waals surface area contributed by atoms with E-state index in [4.69, 9.17) is 4.99 Å². The van der Waals surface area contributed by atoms with Gasteiger partial charge in [0.2, 0.25) is 5.78 Å². The van der Waals surface area contributed by atoms with Crippen LogP contribution in [0.4, 0.5) is 0 Å². The van der Waals surface area contributed by atoms with Crippen LogP contribution in [0.2, 0.25) is 0 Å². The lowest BCUT2D eigenvalue weighted by molar-refractivity contribution is 0.106. The van der Waals surface area contributed by atoms with Gasteiger partial charge in [0.15, 0.2) is 0 Å². The predicted molar refractivity (Wildman–Crippen MR) is 96.6 cm³/mol. The van der Waals surface area contributed by atoms with E-state index >= 15 is 0 Å². The molecular weight excluding hydrogens is 294 g/mol. The highest BCUT2D eigenvalue weighted by Gasteiger charge is 2.39. The number of ketones is 1. The lowest BCUT2D eigenvalue weighted by Crippen LogP contribution is -2.18. The zero-order chi connectivity index (χ0) is 16.6. The Morgan fingerprint density at radius 1 is 0.792 bits per heavy atom. The maximum Gasteiger partial charge on any atom is 0.211 e. The van der Waals surface area contributed by atoms with E-state index in [0.717, 1.165) is 16.7 Å². The van der Waals surface area contributed by atoms with Gasteiger partial charge in [-0.1, -0.05) is 84.9 Å². The monoisotopic (exact) mass is 311 g/mol. The van der Waals surface area contributed by atoms with E-state index in [9.17, 15) is 4.79 Å². The molecule has 1 unspecified atom stereocenters. The van der Waals surface area contributed by atoms with Crippen LogP contribution >= 0.6 is 0 Å². The number of nitrogens with zero attached hydrogens (tertiary/aromatic N) is 1. The van der Waals surface area contributed by atoms with Crippen LogP contribution in [0.3, 0.4) is 0 Å². The molecule has 2 heteroatoms. The molecule has 1 aliphatic heterocycles. The molecule has 0 saturated heterocycles. The standard InChI is InChI=1S/C22H17NO/c1-22(17-12-6-3-7-13-17)19-15-9-8-14-18(19)20(23-22)21(24)16-10-4-2-5-11-16/h2-15H,1H3. The summed E-state index contributed by atoms with van der Waals surface area (Å²) in [5.41, 5.74) is 3.78. The highest BCUT2D eigenvalue weighted by Crippen LogP contribution is 2.41. The molecule has 0 radical (unpaired) electrons. The number of hydrogen-bond donors (Lipinski definition) is 0. The van der Waals surface area contributed by atoms with Gasteiger partial charge in [0.05, 0.1) is 0 Å². The molecule has 116 valence electrons. The molecule has 0 N–H and O–H groups in total. The predicted octanol–water partition coefficient (Wildman–Crippen LogP) is 4.64. The summed E-state index contributed by atoms with van der Waals surface area (Å²) < 4.78 is 0. The zero-order valence-corrected chi connectivity index (χ0v) is 13.4. The van der Waals surface area contributed by atoms with Crippen molar-refractivity contribution in [2.75, 3.05) is 0 Å². The number of aliphatic imine (C=N–C) groups is 1. The molecule has 1 aliphatic rings. The molecule has 0 fully saturated rings. The summed E-state index contributed by atoms with van der Waals surface area (Å²) in [5, 5.41) is 0. The molecule has 2 nitrogen and oxygen atoms in total. The molecule has 1 atom stereocenters. The third-order valence-electron chi connectivity index (χ3n) is 4.63. The van der Waals surface area contributed by atoms with E-state index in [-0.39, 0.29) is 5.78 Å². The van der Waals surface area contributed by atoms with Gasteiger partial charge in [0.1, 0.15) is 11.3 Å². The van der Waals surface area contributed by atoms with Gasteiger partial charge >= 0.3 is 0 Å². The second kappa shape index (κ2) is 5.57. The molecule has 1 heterocycles. The highest BCUT2D eigenvalue weighted by atomic mass is 16.1. The van der Waals surface area contributed by atoms with Gasteiger partial charge in [-0.25, -0.2) is 0 Å². The molecular formula is C22H17NO. The van der Waals surface area contributed by atoms with Gasteiger partial charge in [-0.3, -0.25) is 9.79 Å². The van der Waals surface area contributed by atoms with Crippen molar-refractivity contribution in [2.24, 2.45) is 4.99 Å². The smallest absolute Gasteiger partial charge is 0.211 e. The zero-order valence-electron chi connectivity index (χ0n) is 13.4. The van der Waals surface area contributed by atoms with Crippen LogP contribution in [0.25, 0.3) is 0 Å². The Morgan fingerprint density at radius 3 is 2.08 bits per heavy atom. The number of benzene rings is 3. The van der Waals surface area contributed by atoms with Crippen LogP contribution in [0.5, 0.6) is 0 Å². The van der Waals surface area contributed by atoms with Crippen LogP contribution in [-0.4, -0.2) is 11.5 Å². The number of carbonyl (C=O) groups excluding carboxylic acids is 1. The SMILES string of the molecule is CC1(c2ccccc2)N=C(C(=O)c2ccccc2)c2ccccc21. The van der Waals surface area contributed by atoms with E-state index in [1.54, 1.807) is 0 Å². The molecule has 0 aliphatic carbocycles. The van der Waals surface area contributed by atoms with E-state index in [2.05, 4.69) is 25.1 Å². The summed E-state index contributed by atoms with van der Waals surface area (Å²) in [6.07, 6.45) is 0. The van der Waals surface area contributed by atoms with Gasteiger partial charge in [0, 0.05) is 11.1 Å². The Labute approximate surface area is 141 Å². The molecule has 3 aromatic rings. The summed E-state index contributed by atoms with van der Waals surface area (Å²) in [4.78, 5) is 17.9. The Hall–Kier alpha value is -3.00. The Balaban J connectivity index is 1.89. The fraction of sp³-hybridized carbons (Fsp3) is 0.0909. The normalized spacial score (nSPS) is 18.8. The minimum atomic E-state index is -0.530. The summed E-state index contributed by atoms with van der Waals surface area (Å²) in [7, 11) is 0. The molecule has 0 spiro atoms. The first-order valence-corrected chi connectivity index (χ1v) is 8.05. The average Bonchev–Trinajstić information content (AvgIpc) is 2.97. The van der Waals surface area contributed by atoms with Crippen molar-refractivity contribution in [1.82, 2.24) is 0 Å². The largest absolute Gasteiger partial charge is 0.287 e. The van der Waals surface area contributed by atoms with E-state index in [1.807, 2.05) is 66.7 Å². The highest BCUT2D eigenvalue weighted by molar-refractivity contribution is 6.52. The number of carbonyl (C=O) groups is 1. The van der Waals surface area contributed by atoms with Crippen molar-refractivity contribution < 1.29 is 4.79 Å². The third-order valence-corrected chi connectivity index (χ3v) is 4.63. The Morgan fingerprint density at radius 2 is 1.38 bits per heavy atom.